The average molecular weight is 982 g/mol. The number of nitrogens with two attached hydrogens (primary N) is 1. The van der Waals surface area contributed by atoms with Crippen molar-refractivity contribution in [1.82, 2.24) is 29.4 Å². The third-order valence-electron chi connectivity index (χ3n) is 13.3. The summed E-state index contributed by atoms with van der Waals surface area (Å²) in [6, 6.07) is 44.8. The molecule has 0 bridgehead atoms. The Hall–Kier alpha value is -6.77. The van der Waals surface area contributed by atoms with Crippen molar-refractivity contribution < 1.29 is 28.8 Å². The van der Waals surface area contributed by atoms with Crippen molar-refractivity contribution in [2.75, 3.05) is 64.4 Å². The Bertz CT molecular complexity index is 2470. The van der Waals surface area contributed by atoms with Crippen LogP contribution in [0.5, 0.6) is 0 Å². The van der Waals surface area contributed by atoms with Gasteiger partial charge in [0.1, 0.15) is 26.2 Å². The molecule has 0 fully saturated rings. The fraction of sp³-hybridized carbons (Fsp3) is 0.368. The summed E-state index contributed by atoms with van der Waals surface area (Å²) in [5.41, 5.74) is 10.3. The van der Waals surface area contributed by atoms with Crippen LogP contribution in [0.1, 0.15) is 99.6 Å². The van der Waals surface area contributed by atoms with E-state index in [0.29, 0.717) is 6.54 Å². The van der Waals surface area contributed by atoms with E-state index >= 15 is 0 Å². The zero-order valence-corrected chi connectivity index (χ0v) is 43.1. The lowest BCUT2D eigenvalue weighted by molar-refractivity contribution is -0.150. The lowest BCUT2D eigenvalue weighted by atomic mass is 10.0. The summed E-state index contributed by atoms with van der Waals surface area (Å²) in [7, 11) is 0. The molecule has 0 aliphatic rings. The Morgan fingerprint density at radius 2 is 0.648 bits per heavy atom. The smallest absolute Gasteiger partial charge is 0.243 e. The number of nitrogens with zero attached hydrogens (tertiary/aromatic N) is 6. The molecule has 0 saturated heterocycles. The molecule has 0 spiro atoms. The van der Waals surface area contributed by atoms with Crippen LogP contribution in [0.3, 0.4) is 0 Å². The van der Waals surface area contributed by atoms with Crippen molar-refractivity contribution in [1.29, 1.82) is 0 Å². The summed E-state index contributed by atoms with van der Waals surface area (Å²) < 4.78 is 0. The van der Waals surface area contributed by atoms with Gasteiger partial charge in [-0.15, -0.1) is 0 Å². The number of hydrogen-bond donors (Lipinski definition) is 1. The number of likely N-dealkylation sites (N-methyl/N-ethyl adjacent to an activating group) is 1. The summed E-state index contributed by atoms with van der Waals surface area (Å²) in [5.74, 6) is -2.26. The van der Waals surface area contributed by atoms with E-state index in [9.17, 15) is 28.8 Å². The monoisotopic (exact) mass is 982 g/mol. The van der Waals surface area contributed by atoms with Crippen LogP contribution in [0.2, 0.25) is 0 Å². The van der Waals surface area contributed by atoms with E-state index in [1.54, 1.807) is 9.80 Å². The number of amides is 6. The summed E-state index contributed by atoms with van der Waals surface area (Å²) in [6.07, 6.45) is 1.83. The number of thioether (sulfide) groups is 1. The van der Waals surface area contributed by atoms with Gasteiger partial charge < -0.3 is 35.1 Å². The van der Waals surface area contributed by atoms with Crippen LogP contribution in [0, 0.1) is 0 Å². The molecule has 2 N–H and O–H groups in total. The molecule has 0 heterocycles. The number of benzene rings is 5. The van der Waals surface area contributed by atoms with E-state index < -0.39 is 67.4 Å². The molecule has 0 aliphatic carbocycles. The number of rotatable bonds is 25. The first kappa shape index (κ1) is 55.2. The molecule has 5 aromatic rings. The molecule has 0 aromatic heterocycles. The average Bonchev–Trinajstić information content (AvgIpc) is 3.40. The van der Waals surface area contributed by atoms with E-state index in [1.165, 1.54) is 31.4 Å². The SMILES string of the molecule is CCN(C(=O)CN(C(=O)CN(C(=O)CN(CCN)C(=O)CN(C(=O)CN(C(=O)CSC)C(C)c1ccccc1)C(C)c1ccccc1)C(C)c1ccccc1)C(C)c1ccccc1)C(C)c1ccccc1. The van der Waals surface area contributed by atoms with Gasteiger partial charge in [0, 0.05) is 19.6 Å². The van der Waals surface area contributed by atoms with Crippen LogP contribution in [0.4, 0.5) is 0 Å². The largest absolute Gasteiger partial charge is 0.335 e. The van der Waals surface area contributed by atoms with Crippen LogP contribution >= 0.6 is 11.8 Å². The molecule has 0 aliphatic heterocycles. The van der Waals surface area contributed by atoms with E-state index in [0.717, 1.165) is 27.8 Å². The standard InChI is InChI=1S/C57H71N7O6S/c1-8-60(42(2)47-24-14-9-15-25-47)54(67)38-63(45(5)50-30-20-12-21-31-50)55(68)39-62(44(4)49-28-18-11-19-29-49)53(66)36-59(35-34-58)52(65)37-61(43(3)48-26-16-10-17-27-48)56(69)40-64(57(70)41-71-7)46(6)51-32-22-13-23-33-51/h9-33,42-46H,8,34-41,58H2,1-7H3. The highest BCUT2D eigenvalue weighted by molar-refractivity contribution is 7.99. The number of hydrogen-bond acceptors (Lipinski definition) is 8. The highest BCUT2D eigenvalue weighted by Crippen LogP contribution is 2.28. The molecular formula is C57H71N7O6S. The van der Waals surface area contributed by atoms with Crippen molar-refractivity contribution in [2.45, 2.75) is 71.8 Å². The lowest BCUT2D eigenvalue weighted by Crippen LogP contribution is -2.53. The Kier molecular flexibility index (Phi) is 21.4. The van der Waals surface area contributed by atoms with Gasteiger partial charge in [-0.25, -0.2) is 0 Å². The van der Waals surface area contributed by atoms with E-state index in [2.05, 4.69) is 0 Å². The van der Waals surface area contributed by atoms with Crippen molar-refractivity contribution in [3.8, 4) is 0 Å². The number of carbonyl (C=O) groups is 6. The first-order chi connectivity index (χ1) is 34.2. The van der Waals surface area contributed by atoms with Crippen LogP contribution in [-0.2, 0) is 28.8 Å². The zero-order chi connectivity index (χ0) is 51.5. The molecule has 14 heteroatoms. The summed E-state index contributed by atoms with van der Waals surface area (Å²) in [5, 5.41) is 0. The summed E-state index contributed by atoms with van der Waals surface area (Å²) >= 11 is 1.36. The summed E-state index contributed by atoms with van der Waals surface area (Å²) in [6.45, 7) is 9.89. The molecular weight excluding hydrogens is 911 g/mol. The quantitative estimate of drug-likeness (QED) is 0.0617. The lowest BCUT2D eigenvalue weighted by Gasteiger charge is -2.37. The number of carbonyl (C=O) groups excluding carboxylic acids is 6. The molecule has 13 nitrogen and oxygen atoms in total. The molecule has 5 aromatic carbocycles. The van der Waals surface area contributed by atoms with Crippen LogP contribution in [0.15, 0.2) is 152 Å². The molecule has 5 atom stereocenters. The first-order valence-electron chi connectivity index (χ1n) is 24.4. The van der Waals surface area contributed by atoms with Crippen molar-refractivity contribution >= 4 is 47.2 Å². The Labute approximate surface area is 425 Å². The molecule has 0 radical (unpaired) electrons. The normalized spacial score (nSPS) is 13.1. The minimum Gasteiger partial charge on any atom is -0.335 e. The Balaban J connectivity index is 1.46. The second-order valence-corrected chi connectivity index (χ2v) is 18.6. The molecule has 71 heavy (non-hydrogen) atoms. The Morgan fingerprint density at radius 1 is 0.394 bits per heavy atom. The third kappa shape index (κ3) is 15.1. The maximum atomic E-state index is 15.0. The van der Waals surface area contributed by atoms with Gasteiger partial charge in [-0.3, -0.25) is 28.8 Å². The van der Waals surface area contributed by atoms with Gasteiger partial charge in [0.05, 0.1) is 42.5 Å². The minimum absolute atomic E-state index is 0.0136. The van der Waals surface area contributed by atoms with E-state index in [4.69, 9.17) is 5.73 Å². The Morgan fingerprint density at radius 3 is 0.930 bits per heavy atom. The van der Waals surface area contributed by atoms with Gasteiger partial charge in [0.15, 0.2) is 0 Å². The van der Waals surface area contributed by atoms with Gasteiger partial charge in [0.25, 0.3) is 0 Å². The molecule has 6 amide bonds. The second-order valence-electron chi connectivity index (χ2n) is 17.7. The van der Waals surface area contributed by atoms with Crippen molar-refractivity contribution in [2.24, 2.45) is 5.73 Å². The first-order valence-corrected chi connectivity index (χ1v) is 25.8. The fourth-order valence-corrected chi connectivity index (χ4v) is 9.26. The molecule has 5 rings (SSSR count). The van der Waals surface area contributed by atoms with Gasteiger partial charge in [-0.1, -0.05) is 152 Å². The highest BCUT2D eigenvalue weighted by atomic mass is 32.2. The zero-order valence-electron chi connectivity index (χ0n) is 42.3. The summed E-state index contributed by atoms with van der Waals surface area (Å²) in [4.78, 5) is 96.4. The van der Waals surface area contributed by atoms with Gasteiger partial charge in [-0.05, 0) is 75.6 Å². The van der Waals surface area contributed by atoms with Crippen LogP contribution in [-0.4, -0.2) is 129 Å². The predicted molar refractivity (Wildman–Crippen MR) is 283 cm³/mol. The van der Waals surface area contributed by atoms with E-state index in [-0.39, 0.29) is 49.8 Å². The maximum absolute atomic E-state index is 15.0. The van der Waals surface area contributed by atoms with E-state index in [1.807, 2.05) is 199 Å². The van der Waals surface area contributed by atoms with Gasteiger partial charge in [0.2, 0.25) is 35.4 Å². The van der Waals surface area contributed by atoms with Crippen molar-refractivity contribution in [3.05, 3.63) is 179 Å². The van der Waals surface area contributed by atoms with Crippen molar-refractivity contribution in [3.63, 3.8) is 0 Å². The second kappa shape index (κ2) is 27.6. The van der Waals surface area contributed by atoms with Crippen LogP contribution in [0.25, 0.3) is 0 Å². The molecule has 0 saturated carbocycles. The maximum Gasteiger partial charge on any atom is 0.243 e. The van der Waals surface area contributed by atoms with Gasteiger partial charge in [-0.2, -0.15) is 11.8 Å². The highest BCUT2D eigenvalue weighted by Gasteiger charge is 2.35. The minimum atomic E-state index is -0.634. The predicted octanol–water partition coefficient (Wildman–Crippen LogP) is 8.11. The third-order valence-corrected chi connectivity index (χ3v) is 13.8. The van der Waals surface area contributed by atoms with Gasteiger partial charge >= 0.3 is 0 Å². The van der Waals surface area contributed by atoms with Crippen LogP contribution < -0.4 is 5.73 Å². The topological polar surface area (TPSA) is 148 Å². The molecule has 376 valence electrons. The molecule has 5 unspecified atom stereocenters. The fourth-order valence-electron chi connectivity index (χ4n) is 8.85.